The number of benzene rings is 4. The molecule has 6 nitrogen and oxygen atoms in total. The van der Waals surface area contributed by atoms with Crippen LogP contribution < -0.4 is 5.56 Å². The highest BCUT2D eigenvalue weighted by Crippen LogP contribution is 2.25. The summed E-state index contributed by atoms with van der Waals surface area (Å²) in [6.45, 7) is 7.37. The Hall–Kier alpha value is -4.55. The average molecular weight is 574 g/mol. The lowest BCUT2D eigenvalue weighted by atomic mass is 10.0. The van der Waals surface area contributed by atoms with Crippen LogP contribution in [0.1, 0.15) is 50.2 Å². The van der Waals surface area contributed by atoms with Crippen molar-refractivity contribution < 1.29 is 9.53 Å². The SMILES string of the molecule is CCCc1ccc(-n2c(C(C)N(CCOCC)C(=O)Cc3ccc(-c4ccccc4)cc3)nc3ccccc3c2=O)cc1. The third kappa shape index (κ3) is 6.92. The van der Waals surface area contributed by atoms with Crippen molar-refractivity contribution in [2.24, 2.45) is 0 Å². The molecule has 43 heavy (non-hydrogen) atoms. The zero-order chi connectivity index (χ0) is 30.2. The van der Waals surface area contributed by atoms with Crippen molar-refractivity contribution in [1.82, 2.24) is 14.5 Å². The highest BCUT2D eigenvalue weighted by atomic mass is 16.5. The number of carbonyl (C=O) groups is 1. The van der Waals surface area contributed by atoms with Gasteiger partial charge in [0, 0.05) is 13.2 Å². The molecule has 0 N–H and O–H groups in total. The molecule has 4 aromatic carbocycles. The number of carbonyl (C=O) groups excluding carboxylic acids is 1. The second-order valence-corrected chi connectivity index (χ2v) is 10.7. The first-order chi connectivity index (χ1) is 21.0. The van der Waals surface area contributed by atoms with Crippen LogP contribution in [0.5, 0.6) is 0 Å². The van der Waals surface area contributed by atoms with Crippen molar-refractivity contribution in [2.75, 3.05) is 19.8 Å². The monoisotopic (exact) mass is 573 g/mol. The quantitative estimate of drug-likeness (QED) is 0.148. The lowest BCUT2D eigenvalue weighted by molar-refractivity contribution is -0.133. The Morgan fingerprint density at radius 3 is 2.19 bits per heavy atom. The van der Waals surface area contributed by atoms with E-state index in [0.29, 0.717) is 36.5 Å². The zero-order valence-electron chi connectivity index (χ0n) is 25.2. The summed E-state index contributed by atoms with van der Waals surface area (Å²) in [5, 5.41) is 0.543. The maximum Gasteiger partial charge on any atom is 0.266 e. The van der Waals surface area contributed by atoms with E-state index in [0.717, 1.165) is 35.2 Å². The van der Waals surface area contributed by atoms with Gasteiger partial charge in [-0.2, -0.15) is 0 Å². The first-order valence-electron chi connectivity index (χ1n) is 15.1. The number of hydrogen-bond donors (Lipinski definition) is 0. The molecule has 5 rings (SSSR count). The van der Waals surface area contributed by atoms with Gasteiger partial charge in [0.1, 0.15) is 5.82 Å². The molecule has 0 spiro atoms. The van der Waals surface area contributed by atoms with E-state index in [-0.39, 0.29) is 17.9 Å². The topological polar surface area (TPSA) is 64.4 Å². The number of aryl methyl sites for hydroxylation is 1. The molecule has 0 saturated carbocycles. The van der Waals surface area contributed by atoms with Crippen molar-refractivity contribution in [3.63, 3.8) is 0 Å². The van der Waals surface area contributed by atoms with Crippen LogP contribution in [0.2, 0.25) is 0 Å². The van der Waals surface area contributed by atoms with E-state index < -0.39 is 6.04 Å². The summed E-state index contributed by atoms with van der Waals surface area (Å²) in [5.41, 5.74) is 5.58. The van der Waals surface area contributed by atoms with Crippen LogP contribution in [0, 0.1) is 0 Å². The summed E-state index contributed by atoms with van der Waals surface area (Å²) in [6.07, 6.45) is 2.25. The van der Waals surface area contributed by atoms with Crippen molar-refractivity contribution in [3.8, 4) is 16.8 Å². The van der Waals surface area contributed by atoms with Gasteiger partial charge in [0.25, 0.3) is 5.56 Å². The molecule has 220 valence electrons. The minimum absolute atomic E-state index is 0.0492. The first kappa shape index (κ1) is 29.9. The molecule has 6 heteroatoms. The normalized spacial score (nSPS) is 11.9. The molecule has 5 aromatic rings. The van der Waals surface area contributed by atoms with Gasteiger partial charge in [-0.25, -0.2) is 4.98 Å². The Balaban J connectivity index is 1.51. The maximum absolute atomic E-state index is 14.0. The van der Waals surface area contributed by atoms with E-state index in [1.54, 1.807) is 15.5 Å². The van der Waals surface area contributed by atoms with E-state index in [1.165, 1.54) is 5.56 Å². The molecule has 0 aliphatic heterocycles. The average Bonchev–Trinajstić information content (AvgIpc) is 3.04. The summed E-state index contributed by atoms with van der Waals surface area (Å²) in [6, 6.07) is 33.3. The highest BCUT2D eigenvalue weighted by Gasteiger charge is 2.27. The van der Waals surface area contributed by atoms with Gasteiger partial charge in [0.2, 0.25) is 5.91 Å². The summed E-state index contributed by atoms with van der Waals surface area (Å²) < 4.78 is 7.34. The van der Waals surface area contributed by atoms with Gasteiger partial charge < -0.3 is 9.64 Å². The van der Waals surface area contributed by atoms with E-state index in [1.807, 2.05) is 74.5 Å². The van der Waals surface area contributed by atoms with E-state index in [4.69, 9.17) is 9.72 Å². The van der Waals surface area contributed by atoms with Crippen LogP contribution in [-0.2, 0) is 22.4 Å². The molecule has 0 bridgehead atoms. The van der Waals surface area contributed by atoms with E-state index in [9.17, 15) is 9.59 Å². The van der Waals surface area contributed by atoms with E-state index >= 15 is 0 Å². The molecule has 1 unspecified atom stereocenters. The fourth-order valence-corrected chi connectivity index (χ4v) is 5.48. The highest BCUT2D eigenvalue weighted by molar-refractivity contribution is 5.80. The summed E-state index contributed by atoms with van der Waals surface area (Å²) in [4.78, 5) is 34.7. The van der Waals surface area contributed by atoms with Crippen molar-refractivity contribution in [2.45, 2.75) is 46.1 Å². The Bertz CT molecular complexity index is 1710. The lowest BCUT2D eigenvalue weighted by Gasteiger charge is -2.31. The number of para-hydroxylation sites is 1. The van der Waals surface area contributed by atoms with Gasteiger partial charge in [-0.05, 0) is 66.8 Å². The van der Waals surface area contributed by atoms with Gasteiger partial charge in [-0.3, -0.25) is 14.2 Å². The smallest absolute Gasteiger partial charge is 0.266 e. The molecule has 0 aliphatic carbocycles. The fourth-order valence-electron chi connectivity index (χ4n) is 5.48. The number of aromatic nitrogens is 2. The first-order valence-corrected chi connectivity index (χ1v) is 15.1. The number of fused-ring (bicyclic) bond motifs is 1. The second-order valence-electron chi connectivity index (χ2n) is 10.7. The third-order valence-electron chi connectivity index (χ3n) is 7.79. The predicted molar refractivity (Wildman–Crippen MR) is 174 cm³/mol. The molecular weight excluding hydrogens is 534 g/mol. The van der Waals surface area contributed by atoms with Crippen molar-refractivity contribution in [3.05, 3.63) is 130 Å². The molecule has 1 heterocycles. The number of hydrogen-bond acceptors (Lipinski definition) is 4. The number of rotatable bonds is 12. The zero-order valence-corrected chi connectivity index (χ0v) is 25.2. The maximum atomic E-state index is 14.0. The van der Waals surface area contributed by atoms with Gasteiger partial charge in [0.05, 0.1) is 35.7 Å². The van der Waals surface area contributed by atoms with Crippen LogP contribution in [0.25, 0.3) is 27.7 Å². The largest absolute Gasteiger partial charge is 0.380 e. The predicted octanol–water partition coefficient (Wildman–Crippen LogP) is 7.17. The summed E-state index contributed by atoms with van der Waals surface area (Å²) in [7, 11) is 0. The van der Waals surface area contributed by atoms with Crippen LogP contribution >= 0.6 is 0 Å². The second kappa shape index (κ2) is 14.1. The summed E-state index contributed by atoms with van der Waals surface area (Å²) >= 11 is 0. The molecule has 0 radical (unpaired) electrons. The van der Waals surface area contributed by atoms with Crippen LogP contribution in [0.4, 0.5) is 0 Å². The van der Waals surface area contributed by atoms with Crippen LogP contribution in [-0.4, -0.2) is 40.1 Å². The van der Waals surface area contributed by atoms with Crippen LogP contribution in [0.3, 0.4) is 0 Å². The fraction of sp³-hybridized carbons (Fsp3) is 0.270. The minimum Gasteiger partial charge on any atom is -0.380 e. The number of nitrogens with zero attached hydrogens (tertiary/aromatic N) is 3. The van der Waals surface area contributed by atoms with Crippen molar-refractivity contribution >= 4 is 16.8 Å². The van der Waals surface area contributed by atoms with Gasteiger partial charge >= 0.3 is 0 Å². The third-order valence-corrected chi connectivity index (χ3v) is 7.79. The Morgan fingerprint density at radius 2 is 1.49 bits per heavy atom. The lowest BCUT2D eigenvalue weighted by Crippen LogP contribution is -2.40. The van der Waals surface area contributed by atoms with Crippen LogP contribution in [0.15, 0.2) is 108 Å². The molecule has 1 aromatic heterocycles. The molecule has 1 atom stereocenters. The minimum atomic E-state index is -0.482. The molecule has 0 saturated heterocycles. The van der Waals surface area contributed by atoms with Gasteiger partial charge in [-0.15, -0.1) is 0 Å². The summed E-state index contributed by atoms with van der Waals surface area (Å²) in [5.74, 6) is 0.475. The van der Waals surface area contributed by atoms with Gasteiger partial charge in [0.15, 0.2) is 0 Å². The van der Waals surface area contributed by atoms with Gasteiger partial charge in [-0.1, -0.05) is 92.2 Å². The Labute approximate surface area is 253 Å². The van der Waals surface area contributed by atoms with E-state index in [2.05, 4.69) is 43.3 Å². The number of ether oxygens (including phenoxy) is 1. The molecule has 0 aliphatic rings. The number of amides is 1. The Kier molecular flexibility index (Phi) is 9.80. The Morgan fingerprint density at radius 1 is 0.837 bits per heavy atom. The van der Waals surface area contributed by atoms with Crippen molar-refractivity contribution in [1.29, 1.82) is 0 Å². The molecular formula is C37H39N3O3. The standard InChI is InChI=1S/C37H39N3O3/c1-4-11-28-18-22-32(23-19-28)40-36(38-34-15-10-9-14-33(34)37(40)42)27(3)39(24-25-43-5-2)35(41)26-29-16-20-31(21-17-29)30-12-7-6-8-13-30/h6-10,12-23,27H,4-5,11,24-26H2,1-3H3. The molecule has 1 amide bonds. The molecule has 0 fully saturated rings.